The van der Waals surface area contributed by atoms with Crippen LogP contribution in [0.5, 0.6) is 0 Å². The molecule has 0 aromatic heterocycles. The zero-order valence-electron chi connectivity index (χ0n) is 7.86. The van der Waals surface area contributed by atoms with Gasteiger partial charge in [0.1, 0.15) is 0 Å². The minimum Gasteiger partial charge on any atom is -0.481 e. The molecule has 0 aliphatic heterocycles. The zero-order valence-corrected chi connectivity index (χ0v) is 7.86. The fourth-order valence-electron chi connectivity index (χ4n) is 1.61. The lowest BCUT2D eigenvalue weighted by Gasteiger charge is -2.18. The Balaban J connectivity index is 2.06. The standard InChI is InChI=1S/C12H12O2/c13-12(14)3-1-2-9-4-5-10-6-7-11(10)8-9/h1-2,4-5,8H,3,6-7H2,(H,13,14). The van der Waals surface area contributed by atoms with E-state index in [1.807, 2.05) is 12.1 Å². The van der Waals surface area contributed by atoms with Crippen LogP contribution in [0.2, 0.25) is 0 Å². The molecule has 1 N–H and O–H groups in total. The van der Waals surface area contributed by atoms with Crippen LogP contribution in [0.1, 0.15) is 23.1 Å². The predicted molar refractivity (Wildman–Crippen MR) is 55.1 cm³/mol. The van der Waals surface area contributed by atoms with E-state index in [0.29, 0.717) is 0 Å². The maximum Gasteiger partial charge on any atom is 0.307 e. The van der Waals surface area contributed by atoms with Gasteiger partial charge in [0.15, 0.2) is 0 Å². The molecule has 0 spiro atoms. The highest BCUT2D eigenvalue weighted by Gasteiger charge is 2.11. The number of benzene rings is 1. The van der Waals surface area contributed by atoms with Crippen LogP contribution >= 0.6 is 0 Å². The molecular formula is C12H12O2. The summed E-state index contributed by atoms with van der Waals surface area (Å²) in [5, 5.41) is 8.45. The molecule has 0 saturated heterocycles. The van der Waals surface area contributed by atoms with E-state index in [1.54, 1.807) is 6.08 Å². The normalized spacial score (nSPS) is 13.7. The Kier molecular flexibility index (Phi) is 2.35. The minimum atomic E-state index is -0.787. The summed E-state index contributed by atoms with van der Waals surface area (Å²) in [6.45, 7) is 0. The first kappa shape index (κ1) is 9.00. The second-order valence-electron chi connectivity index (χ2n) is 3.53. The summed E-state index contributed by atoms with van der Waals surface area (Å²) in [6, 6.07) is 6.30. The number of aryl methyl sites for hydroxylation is 2. The number of rotatable bonds is 3. The Morgan fingerprint density at radius 3 is 2.71 bits per heavy atom. The largest absolute Gasteiger partial charge is 0.481 e. The highest BCUT2D eigenvalue weighted by molar-refractivity contribution is 5.70. The highest BCUT2D eigenvalue weighted by atomic mass is 16.4. The number of carboxylic acids is 1. The van der Waals surface area contributed by atoms with Crippen molar-refractivity contribution in [3.63, 3.8) is 0 Å². The molecule has 0 fully saturated rings. The van der Waals surface area contributed by atoms with Gasteiger partial charge in [-0.1, -0.05) is 30.4 Å². The molecule has 1 aromatic carbocycles. The van der Waals surface area contributed by atoms with Gasteiger partial charge >= 0.3 is 5.97 Å². The lowest BCUT2D eigenvalue weighted by Crippen LogP contribution is -2.07. The van der Waals surface area contributed by atoms with Crippen molar-refractivity contribution in [1.29, 1.82) is 0 Å². The summed E-state index contributed by atoms with van der Waals surface area (Å²) >= 11 is 0. The van der Waals surface area contributed by atoms with Crippen molar-refractivity contribution in [1.82, 2.24) is 0 Å². The van der Waals surface area contributed by atoms with Gasteiger partial charge in [-0.05, 0) is 29.5 Å². The molecule has 1 aromatic rings. The van der Waals surface area contributed by atoms with Crippen LogP contribution in [0.3, 0.4) is 0 Å². The quantitative estimate of drug-likeness (QED) is 0.790. The molecule has 0 amide bonds. The van der Waals surface area contributed by atoms with Crippen molar-refractivity contribution < 1.29 is 9.90 Å². The maximum absolute atomic E-state index is 10.3. The van der Waals surface area contributed by atoms with Gasteiger partial charge in [0.25, 0.3) is 0 Å². The van der Waals surface area contributed by atoms with Crippen molar-refractivity contribution >= 4 is 12.0 Å². The lowest BCUT2D eigenvalue weighted by molar-refractivity contribution is -0.135. The molecule has 1 aliphatic carbocycles. The Bertz CT molecular complexity index is 391. The van der Waals surface area contributed by atoms with Crippen LogP contribution in [0.4, 0.5) is 0 Å². The first-order valence-corrected chi connectivity index (χ1v) is 4.76. The van der Waals surface area contributed by atoms with Gasteiger partial charge < -0.3 is 5.11 Å². The molecule has 0 bridgehead atoms. The monoisotopic (exact) mass is 188 g/mol. The first-order valence-electron chi connectivity index (χ1n) is 4.76. The number of carboxylic acid groups (broad SMARTS) is 1. The molecule has 1 aliphatic rings. The van der Waals surface area contributed by atoms with Crippen LogP contribution in [0.15, 0.2) is 24.3 Å². The molecule has 0 radical (unpaired) electrons. The summed E-state index contributed by atoms with van der Waals surface area (Å²) in [5.41, 5.74) is 3.94. The molecule has 2 nitrogen and oxygen atoms in total. The molecule has 2 rings (SSSR count). The third-order valence-electron chi connectivity index (χ3n) is 2.50. The van der Waals surface area contributed by atoms with Gasteiger partial charge in [-0.25, -0.2) is 0 Å². The Hall–Kier alpha value is -1.57. The number of hydrogen-bond acceptors (Lipinski definition) is 1. The van der Waals surface area contributed by atoms with Crippen molar-refractivity contribution in [2.24, 2.45) is 0 Å². The molecular weight excluding hydrogens is 176 g/mol. The molecule has 72 valence electrons. The Labute approximate surface area is 82.9 Å². The number of aliphatic carboxylic acids is 1. The summed E-state index contributed by atoms with van der Waals surface area (Å²) in [5.74, 6) is -0.787. The molecule has 14 heavy (non-hydrogen) atoms. The second kappa shape index (κ2) is 3.66. The topological polar surface area (TPSA) is 37.3 Å². The van der Waals surface area contributed by atoms with E-state index >= 15 is 0 Å². The molecule has 2 heteroatoms. The first-order chi connectivity index (χ1) is 6.75. The average molecular weight is 188 g/mol. The number of carbonyl (C=O) groups is 1. The summed E-state index contributed by atoms with van der Waals surface area (Å²) in [6.07, 6.45) is 6.00. The van der Waals surface area contributed by atoms with E-state index in [4.69, 9.17) is 5.11 Å². The lowest BCUT2D eigenvalue weighted by atomic mass is 9.87. The van der Waals surface area contributed by atoms with Gasteiger partial charge in [-0.2, -0.15) is 0 Å². The summed E-state index contributed by atoms with van der Waals surface area (Å²) in [7, 11) is 0. The summed E-state index contributed by atoms with van der Waals surface area (Å²) < 4.78 is 0. The van der Waals surface area contributed by atoms with E-state index in [-0.39, 0.29) is 6.42 Å². The second-order valence-corrected chi connectivity index (χ2v) is 3.53. The Morgan fingerprint density at radius 2 is 2.14 bits per heavy atom. The molecule has 0 heterocycles. The zero-order chi connectivity index (χ0) is 9.97. The highest BCUT2D eigenvalue weighted by Crippen LogP contribution is 2.24. The van der Waals surface area contributed by atoms with Crippen LogP contribution in [0, 0.1) is 0 Å². The molecule has 0 saturated carbocycles. The van der Waals surface area contributed by atoms with Crippen LogP contribution in [0.25, 0.3) is 6.08 Å². The summed E-state index contributed by atoms with van der Waals surface area (Å²) in [4.78, 5) is 10.3. The number of hydrogen-bond donors (Lipinski definition) is 1. The van der Waals surface area contributed by atoms with Gasteiger partial charge in [0.2, 0.25) is 0 Å². The van der Waals surface area contributed by atoms with E-state index in [9.17, 15) is 4.79 Å². The van der Waals surface area contributed by atoms with Crippen molar-refractivity contribution in [2.75, 3.05) is 0 Å². The van der Waals surface area contributed by atoms with Gasteiger partial charge in [0, 0.05) is 0 Å². The number of fused-ring (bicyclic) bond motifs is 1. The van der Waals surface area contributed by atoms with Crippen molar-refractivity contribution in [3.8, 4) is 0 Å². The van der Waals surface area contributed by atoms with Crippen LogP contribution in [-0.4, -0.2) is 11.1 Å². The van der Waals surface area contributed by atoms with Gasteiger partial charge in [-0.3, -0.25) is 4.79 Å². The smallest absolute Gasteiger partial charge is 0.307 e. The van der Waals surface area contributed by atoms with E-state index < -0.39 is 5.97 Å². The van der Waals surface area contributed by atoms with E-state index in [2.05, 4.69) is 12.1 Å². The molecule has 0 atom stereocenters. The maximum atomic E-state index is 10.3. The average Bonchev–Trinajstić information content (AvgIpc) is 2.09. The van der Waals surface area contributed by atoms with Crippen LogP contribution in [-0.2, 0) is 17.6 Å². The fraction of sp³-hybridized carbons (Fsp3) is 0.250. The van der Waals surface area contributed by atoms with Crippen molar-refractivity contribution in [2.45, 2.75) is 19.3 Å². The third kappa shape index (κ3) is 1.84. The minimum absolute atomic E-state index is 0.0943. The van der Waals surface area contributed by atoms with E-state index in [1.165, 1.54) is 17.5 Å². The fourth-order valence-corrected chi connectivity index (χ4v) is 1.61. The third-order valence-corrected chi connectivity index (χ3v) is 2.50. The predicted octanol–water partition coefficient (Wildman–Crippen LogP) is 2.27. The van der Waals surface area contributed by atoms with E-state index in [0.717, 1.165) is 12.0 Å². The van der Waals surface area contributed by atoms with Gasteiger partial charge in [-0.15, -0.1) is 0 Å². The molecule has 0 unspecified atom stereocenters. The van der Waals surface area contributed by atoms with Crippen LogP contribution < -0.4 is 0 Å². The Morgan fingerprint density at radius 1 is 1.36 bits per heavy atom. The van der Waals surface area contributed by atoms with Crippen molar-refractivity contribution in [3.05, 3.63) is 41.0 Å². The van der Waals surface area contributed by atoms with Gasteiger partial charge in [0.05, 0.1) is 6.42 Å². The SMILES string of the molecule is O=C(O)CC=Cc1ccc2c(c1)CC2.